The number of methoxy groups -OCH3 is 1. The van der Waals surface area contributed by atoms with Crippen molar-refractivity contribution in [3.05, 3.63) is 72.2 Å². The first kappa shape index (κ1) is 29.2. The molecule has 7 nitrogen and oxygen atoms in total. The lowest BCUT2D eigenvalue weighted by atomic mass is 9.83. The summed E-state index contributed by atoms with van der Waals surface area (Å²) in [4.78, 5) is 31.1. The van der Waals surface area contributed by atoms with Gasteiger partial charge in [0.05, 0.1) is 24.7 Å². The average Bonchev–Trinajstić information content (AvgIpc) is 2.97. The Labute approximate surface area is 235 Å². The Morgan fingerprint density at radius 2 is 1.80 bits per heavy atom. The Morgan fingerprint density at radius 1 is 1.10 bits per heavy atom. The van der Waals surface area contributed by atoms with Crippen LogP contribution in [0.2, 0.25) is 0 Å². The fraction of sp³-hybridized carbons (Fsp3) is 0.406. The summed E-state index contributed by atoms with van der Waals surface area (Å²) in [6.45, 7) is 3.76. The van der Waals surface area contributed by atoms with Gasteiger partial charge in [0, 0.05) is 41.7 Å². The van der Waals surface area contributed by atoms with Crippen LogP contribution in [0.15, 0.2) is 60.8 Å². The standard InChI is InChI=1S/C32H39FN4O3/c1-5-32(2,34)27-16-13-23(18-28(27)33)30-26(22-9-7-6-8-10-22)19-24(20-35-30)36-29(38)17-21-11-14-25(15-12-21)37(3)31(39)40-4/h6-10,13,16,18-21,25H,5,11-12,14-15,17,34H2,1-4H3,(H,36,38). The molecule has 0 spiro atoms. The minimum absolute atomic E-state index is 0.0736. The number of carbonyl (C=O) groups excluding carboxylic acids is 2. The summed E-state index contributed by atoms with van der Waals surface area (Å²) in [7, 11) is 3.14. The van der Waals surface area contributed by atoms with Crippen molar-refractivity contribution in [1.82, 2.24) is 9.88 Å². The second-order valence-electron chi connectivity index (χ2n) is 11.0. The Balaban J connectivity index is 1.51. The molecular weight excluding hydrogens is 507 g/mol. The van der Waals surface area contributed by atoms with Crippen molar-refractivity contribution < 1.29 is 18.7 Å². The molecule has 1 aromatic heterocycles. The van der Waals surface area contributed by atoms with E-state index < -0.39 is 5.54 Å². The number of hydrogen-bond donors (Lipinski definition) is 2. The zero-order valence-corrected chi connectivity index (χ0v) is 23.7. The van der Waals surface area contributed by atoms with Crippen molar-refractivity contribution >= 4 is 17.7 Å². The third-order valence-electron chi connectivity index (χ3n) is 8.15. The number of amides is 2. The molecule has 1 heterocycles. The molecule has 8 heteroatoms. The van der Waals surface area contributed by atoms with E-state index in [1.54, 1.807) is 24.2 Å². The lowest BCUT2D eigenvalue weighted by Crippen LogP contribution is -2.39. The van der Waals surface area contributed by atoms with Gasteiger partial charge in [-0.05, 0) is 62.6 Å². The molecule has 1 aliphatic rings. The molecule has 2 amide bonds. The van der Waals surface area contributed by atoms with Crippen LogP contribution in [0, 0.1) is 11.7 Å². The summed E-state index contributed by atoms with van der Waals surface area (Å²) in [6, 6.07) is 16.8. The van der Waals surface area contributed by atoms with Gasteiger partial charge in [-0.25, -0.2) is 9.18 Å². The minimum atomic E-state index is -0.761. The molecule has 1 unspecified atom stereocenters. The van der Waals surface area contributed by atoms with Crippen LogP contribution in [-0.2, 0) is 15.1 Å². The van der Waals surface area contributed by atoms with Crippen molar-refractivity contribution in [3.63, 3.8) is 0 Å². The maximum atomic E-state index is 15.2. The van der Waals surface area contributed by atoms with Gasteiger partial charge in [0.25, 0.3) is 0 Å². The maximum Gasteiger partial charge on any atom is 0.409 e. The van der Waals surface area contributed by atoms with Crippen molar-refractivity contribution in [1.29, 1.82) is 0 Å². The Kier molecular flexibility index (Phi) is 9.20. The van der Waals surface area contributed by atoms with Gasteiger partial charge in [-0.2, -0.15) is 0 Å². The molecule has 4 rings (SSSR count). The van der Waals surface area contributed by atoms with Gasteiger partial charge in [0.15, 0.2) is 0 Å². The monoisotopic (exact) mass is 546 g/mol. The van der Waals surface area contributed by atoms with E-state index in [0.29, 0.717) is 35.3 Å². The Hall–Kier alpha value is -3.78. The second-order valence-corrected chi connectivity index (χ2v) is 11.0. The predicted octanol–water partition coefficient (Wildman–Crippen LogP) is 6.72. The molecule has 1 aliphatic carbocycles. The highest BCUT2D eigenvalue weighted by Gasteiger charge is 2.28. The molecule has 3 aromatic rings. The number of ether oxygens (including phenoxy) is 1. The van der Waals surface area contributed by atoms with E-state index in [2.05, 4.69) is 10.3 Å². The number of halogens is 1. The first-order valence-corrected chi connectivity index (χ1v) is 13.9. The molecule has 1 fully saturated rings. The quantitative estimate of drug-likeness (QED) is 0.327. The summed E-state index contributed by atoms with van der Waals surface area (Å²) in [6.07, 6.45) is 5.72. The van der Waals surface area contributed by atoms with E-state index in [-0.39, 0.29) is 29.8 Å². The summed E-state index contributed by atoms with van der Waals surface area (Å²) in [5.74, 6) is -0.188. The molecule has 0 radical (unpaired) electrons. The molecule has 212 valence electrons. The first-order valence-electron chi connectivity index (χ1n) is 13.9. The number of nitrogens with one attached hydrogen (secondary N) is 1. The van der Waals surface area contributed by atoms with Gasteiger partial charge in [0.2, 0.25) is 5.91 Å². The SMILES string of the molecule is CCC(C)(N)c1ccc(-c2ncc(NC(=O)CC3CCC(N(C)C(=O)OC)CC3)cc2-c2ccccc2)cc1F. The molecule has 3 N–H and O–H groups in total. The molecule has 1 saturated carbocycles. The molecule has 0 bridgehead atoms. The van der Waals surface area contributed by atoms with Crippen LogP contribution in [0.5, 0.6) is 0 Å². The van der Waals surface area contributed by atoms with Gasteiger partial charge in [-0.15, -0.1) is 0 Å². The van der Waals surface area contributed by atoms with Crippen LogP contribution in [0.4, 0.5) is 14.9 Å². The fourth-order valence-electron chi connectivity index (χ4n) is 5.42. The normalized spacial score (nSPS) is 18.4. The molecule has 0 saturated heterocycles. The third-order valence-corrected chi connectivity index (χ3v) is 8.15. The number of aromatic nitrogens is 1. The van der Waals surface area contributed by atoms with E-state index in [1.165, 1.54) is 13.2 Å². The largest absolute Gasteiger partial charge is 0.453 e. The number of pyridine rings is 1. The number of benzene rings is 2. The van der Waals surface area contributed by atoms with E-state index in [4.69, 9.17) is 10.5 Å². The molecular formula is C32H39FN4O3. The van der Waals surface area contributed by atoms with Gasteiger partial charge in [-0.3, -0.25) is 9.78 Å². The van der Waals surface area contributed by atoms with Gasteiger partial charge < -0.3 is 20.7 Å². The summed E-state index contributed by atoms with van der Waals surface area (Å²) < 4.78 is 20.0. The smallest absolute Gasteiger partial charge is 0.409 e. The van der Waals surface area contributed by atoms with Crippen LogP contribution >= 0.6 is 0 Å². The van der Waals surface area contributed by atoms with Crippen LogP contribution in [0.25, 0.3) is 22.4 Å². The van der Waals surface area contributed by atoms with E-state index in [0.717, 1.165) is 36.8 Å². The van der Waals surface area contributed by atoms with Crippen molar-refractivity contribution in [2.24, 2.45) is 11.7 Å². The summed E-state index contributed by atoms with van der Waals surface area (Å²) in [5.41, 5.74) is 9.56. The highest BCUT2D eigenvalue weighted by molar-refractivity contribution is 5.93. The highest BCUT2D eigenvalue weighted by Crippen LogP contribution is 2.35. The molecule has 40 heavy (non-hydrogen) atoms. The van der Waals surface area contributed by atoms with E-state index >= 15 is 4.39 Å². The maximum absolute atomic E-state index is 15.2. The topological polar surface area (TPSA) is 97.5 Å². The Bertz CT molecular complexity index is 1340. The zero-order valence-electron chi connectivity index (χ0n) is 23.7. The van der Waals surface area contributed by atoms with Gasteiger partial charge in [0.1, 0.15) is 5.82 Å². The number of anilines is 1. The van der Waals surface area contributed by atoms with E-state index in [9.17, 15) is 9.59 Å². The molecule has 0 aliphatic heterocycles. The van der Waals surface area contributed by atoms with Crippen LogP contribution in [-0.4, -0.2) is 42.1 Å². The van der Waals surface area contributed by atoms with Gasteiger partial charge >= 0.3 is 6.09 Å². The third kappa shape index (κ3) is 6.67. The highest BCUT2D eigenvalue weighted by atomic mass is 19.1. The number of hydrogen-bond acceptors (Lipinski definition) is 5. The lowest BCUT2D eigenvalue weighted by molar-refractivity contribution is -0.117. The van der Waals surface area contributed by atoms with Crippen molar-refractivity contribution in [3.8, 4) is 22.4 Å². The molecule has 2 aromatic carbocycles. The predicted molar refractivity (Wildman–Crippen MR) is 156 cm³/mol. The average molecular weight is 547 g/mol. The summed E-state index contributed by atoms with van der Waals surface area (Å²) >= 11 is 0. The molecule has 1 atom stereocenters. The fourth-order valence-corrected chi connectivity index (χ4v) is 5.42. The van der Waals surface area contributed by atoms with Crippen LogP contribution in [0.3, 0.4) is 0 Å². The number of rotatable bonds is 8. The van der Waals surface area contributed by atoms with Crippen LogP contribution < -0.4 is 11.1 Å². The zero-order chi connectivity index (χ0) is 28.9. The number of carbonyl (C=O) groups is 2. The number of nitrogens with zero attached hydrogens (tertiary/aromatic N) is 2. The minimum Gasteiger partial charge on any atom is -0.453 e. The lowest BCUT2D eigenvalue weighted by Gasteiger charge is -2.33. The van der Waals surface area contributed by atoms with Gasteiger partial charge in [-0.1, -0.05) is 49.4 Å². The summed E-state index contributed by atoms with van der Waals surface area (Å²) in [5, 5.41) is 3.01. The van der Waals surface area contributed by atoms with Crippen molar-refractivity contribution in [2.75, 3.05) is 19.5 Å². The van der Waals surface area contributed by atoms with Crippen LogP contribution in [0.1, 0.15) is 57.9 Å². The van der Waals surface area contributed by atoms with E-state index in [1.807, 2.05) is 56.3 Å². The second kappa shape index (κ2) is 12.6. The number of nitrogens with two attached hydrogens (primary N) is 1. The van der Waals surface area contributed by atoms with Crippen molar-refractivity contribution in [2.45, 2.75) is 64.0 Å². The Morgan fingerprint density at radius 3 is 2.42 bits per heavy atom. The first-order chi connectivity index (χ1) is 19.1.